The molecular formula is C26H21NO3. The van der Waals surface area contributed by atoms with E-state index >= 15 is 0 Å². The van der Waals surface area contributed by atoms with E-state index in [0.717, 1.165) is 39.0 Å². The number of fused-ring (bicyclic) bond motifs is 1. The molecule has 0 fully saturated rings. The second-order valence-corrected chi connectivity index (χ2v) is 6.82. The maximum Gasteiger partial charge on any atom is 0.337 e. The van der Waals surface area contributed by atoms with Gasteiger partial charge < -0.3 is 9.47 Å². The Labute approximate surface area is 175 Å². The molecule has 0 atom stereocenters. The molecule has 0 spiro atoms. The Morgan fingerprint density at radius 3 is 2.17 bits per heavy atom. The third-order valence-electron chi connectivity index (χ3n) is 4.91. The third kappa shape index (κ3) is 4.23. The van der Waals surface area contributed by atoms with Crippen molar-refractivity contribution in [3.8, 4) is 16.9 Å². The standard InChI is InChI=1S/C26H21NO3/c1-29-24-15-16-25-22(17-24)12-14-23(27-25)13-5-18-3-6-19(7-4-18)20-8-10-21(11-9-20)26(28)30-2/h3-17H,1-2H3/b13-5+. The summed E-state index contributed by atoms with van der Waals surface area (Å²) in [5.74, 6) is 0.496. The molecule has 0 unspecified atom stereocenters. The molecular weight excluding hydrogens is 374 g/mol. The van der Waals surface area contributed by atoms with Crippen molar-refractivity contribution >= 4 is 29.0 Å². The Bertz CT molecular complexity index is 1210. The summed E-state index contributed by atoms with van der Waals surface area (Å²) in [7, 11) is 3.04. The van der Waals surface area contributed by atoms with Gasteiger partial charge in [0.05, 0.1) is 31.0 Å². The van der Waals surface area contributed by atoms with Crippen LogP contribution in [0.5, 0.6) is 5.75 Å². The van der Waals surface area contributed by atoms with Gasteiger partial charge in [-0.15, -0.1) is 0 Å². The highest BCUT2D eigenvalue weighted by atomic mass is 16.5. The zero-order valence-electron chi connectivity index (χ0n) is 16.8. The molecule has 0 N–H and O–H groups in total. The van der Waals surface area contributed by atoms with Gasteiger partial charge in [0.2, 0.25) is 0 Å². The fraction of sp³-hybridized carbons (Fsp3) is 0.0769. The van der Waals surface area contributed by atoms with E-state index in [9.17, 15) is 4.79 Å². The van der Waals surface area contributed by atoms with E-state index in [2.05, 4.69) is 29.2 Å². The van der Waals surface area contributed by atoms with Crippen LogP contribution in [-0.2, 0) is 4.74 Å². The molecule has 0 saturated carbocycles. The zero-order chi connectivity index (χ0) is 20.9. The normalized spacial score (nSPS) is 11.0. The minimum atomic E-state index is -0.330. The molecule has 0 aliphatic heterocycles. The van der Waals surface area contributed by atoms with Gasteiger partial charge in [0.15, 0.2) is 0 Å². The molecule has 4 aromatic rings. The largest absolute Gasteiger partial charge is 0.497 e. The van der Waals surface area contributed by atoms with Crippen LogP contribution in [0.4, 0.5) is 0 Å². The summed E-state index contributed by atoms with van der Waals surface area (Å²) in [6.07, 6.45) is 4.05. The quantitative estimate of drug-likeness (QED) is 0.397. The molecule has 4 rings (SSSR count). The fourth-order valence-electron chi connectivity index (χ4n) is 3.22. The van der Waals surface area contributed by atoms with Gasteiger partial charge in [-0.05, 0) is 59.2 Å². The maximum atomic E-state index is 11.6. The summed E-state index contributed by atoms with van der Waals surface area (Å²) in [5, 5.41) is 1.05. The van der Waals surface area contributed by atoms with Gasteiger partial charge in [0.1, 0.15) is 5.75 Å². The third-order valence-corrected chi connectivity index (χ3v) is 4.91. The molecule has 0 aliphatic rings. The van der Waals surface area contributed by atoms with Crippen molar-refractivity contribution in [2.75, 3.05) is 14.2 Å². The lowest BCUT2D eigenvalue weighted by Crippen LogP contribution is -2.00. The van der Waals surface area contributed by atoms with Crippen LogP contribution in [0.15, 0.2) is 78.9 Å². The van der Waals surface area contributed by atoms with Crippen molar-refractivity contribution in [2.45, 2.75) is 0 Å². The first-order valence-corrected chi connectivity index (χ1v) is 9.58. The summed E-state index contributed by atoms with van der Waals surface area (Å²) in [5.41, 5.74) is 5.59. The highest BCUT2D eigenvalue weighted by Crippen LogP contribution is 2.22. The molecule has 3 aromatic carbocycles. The van der Waals surface area contributed by atoms with Crippen LogP contribution < -0.4 is 4.74 Å². The number of hydrogen-bond acceptors (Lipinski definition) is 4. The predicted molar refractivity (Wildman–Crippen MR) is 120 cm³/mol. The van der Waals surface area contributed by atoms with Crippen molar-refractivity contribution < 1.29 is 14.3 Å². The van der Waals surface area contributed by atoms with Crippen molar-refractivity contribution in [1.82, 2.24) is 4.98 Å². The Morgan fingerprint density at radius 2 is 1.50 bits per heavy atom. The van der Waals surface area contributed by atoms with Crippen LogP contribution >= 0.6 is 0 Å². The number of hydrogen-bond donors (Lipinski definition) is 0. The minimum Gasteiger partial charge on any atom is -0.497 e. The van der Waals surface area contributed by atoms with Gasteiger partial charge in [0.25, 0.3) is 0 Å². The number of rotatable bonds is 5. The van der Waals surface area contributed by atoms with Crippen molar-refractivity contribution in [3.05, 3.63) is 95.7 Å². The van der Waals surface area contributed by atoms with Crippen LogP contribution in [0.1, 0.15) is 21.6 Å². The monoisotopic (exact) mass is 395 g/mol. The van der Waals surface area contributed by atoms with Crippen LogP contribution in [0.3, 0.4) is 0 Å². The van der Waals surface area contributed by atoms with Crippen LogP contribution in [0.25, 0.3) is 34.2 Å². The summed E-state index contributed by atoms with van der Waals surface area (Å²) >= 11 is 0. The highest BCUT2D eigenvalue weighted by molar-refractivity contribution is 5.90. The van der Waals surface area contributed by atoms with Gasteiger partial charge in [0, 0.05) is 5.39 Å². The fourth-order valence-corrected chi connectivity index (χ4v) is 3.22. The first kappa shape index (κ1) is 19.4. The maximum absolute atomic E-state index is 11.6. The second-order valence-electron chi connectivity index (χ2n) is 6.82. The van der Waals surface area contributed by atoms with Crippen molar-refractivity contribution in [1.29, 1.82) is 0 Å². The topological polar surface area (TPSA) is 48.4 Å². The number of carbonyl (C=O) groups excluding carboxylic acids is 1. The Balaban J connectivity index is 1.49. The molecule has 4 heteroatoms. The van der Waals surface area contributed by atoms with E-state index in [1.807, 2.05) is 54.6 Å². The Kier molecular flexibility index (Phi) is 5.57. The number of aromatic nitrogens is 1. The van der Waals surface area contributed by atoms with E-state index in [1.165, 1.54) is 7.11 Å². The van der Waals surface area contributed by atoms with Crippen LogP contribution in [0.2, 0.25) is 0 Å². The van der Waals surface area contributed by atoms with Crippen molar-refractivity contribution in [3.63, 3.8) is 0 Å². The zero-order valence-corrected chi connectivity index (χ0v) is 16.8. The van der Waals surface area contributed by atoms with Gasteiger partial charge in [-0.25, -0.2) is 9.78 Å². The van der Waals surface area contributed by atoms with Crippen LogP contribution in [0, 0.1) is 0 Å². The summed E-state index contributed by atoms with van der Waals surface area (Å²) in [6, 6.07) is 25.5. The average Bonchev–Trinajstić information content (AvgIpc) is 2.82. The number of ether oxygens (including phenoxy) is 2. The number of nitrogens with zero attached hydrogens (tertiary/aromatic N) is 1. The number of esters is 1. The highest BCUT2D eigenvalue weighted by Gasteiger charge is 2.05. The second kappa shape index (κ2) is 8.62. The minimum absolute atomic E-state index is 0.330. The van der Waals surface area contributed by atoms with Gasteiger partial charge in [-0.2, -0.15) is 0 Å². The van der Waals surface area contributed by atoms with Crippen molar-refractivity contribution in [2.24, 2.45) is 0 Å². The van der Waals surface area contributed by atoms with Gasteiger partial charge >= 0.3 is 5.97 Å². The van der Waals surface area contributed by atoms with E-state index in [-0.39, 0.29) is 5.97 Å². The molecule has 0 amide bonds. The average molecular weight is 395 g/mol. The Hall–Kier alpha value is -3.92. The molecule has 4 nitrogen and oxygen atoms in total. The molecule has 1 heterocycles. The lowest BCUT2D eigenvalue weighted by Gasteiger charge is -2.04. The smallest absolute Gasteiger partial charge is 0.337 e. The van der Waals surface area contributed by atoms with Gasteiger partial charge in [-0.3, -0.25) is 0 Å². The predicted octanol–water partition coefficient (Wildman–Crippen LogP) is 5.87. The lowest BCUT2D eigenvalue weighted by atomic mass is 10.0. The summed E-state index contributed by atoms with van der Waals surface area (Å²) < 4.78 is 10.00. The summed E-state index contributed by atoms with van der Waals surface area (Å²) in [4.78, 5) is 16.2. The van der Waals surface area contributed by atoms with E-state index in [1.54, 1.807) is 19.2 Å². The molecule has 0 saturated heterocycles. The van der Waals surface area contributed by atoms with Crippen LogP contribution in [-0.4, -0.2) is 25.2 Å². The number of pyridine rings is 1. The molecule has 0 radical (unpaired) electrons. The first-order valence-electron chi connectivity index (χ1n) is 9.58. The van der Waals surface area contributed by atoms with E-state index < -0.39 is 0 Å². The number of methoxy groups -OCH3 is 2. The molecule has 0 aliphatic carbocycles. The molecule has 148 valence electrons. The first-order chi connectivity index (χ1) is 14.7. The van der Waals surface area contributed by atoms with E-state index in [0.29, 0.717) is 5.56 Å². The number of carbonyl (C=O) groups is 1. The number of benzene rings is 3. The lowest BCUT2D eigenvalue weighted by molar-refractivity contribution is 0.0601. The Morgan fingerprint density at radius 1 is 0.800 bits per heavy atom. The van der Waals surface area contributed by atoms with Gasteiger partial charge in [-0.1, -0.05) is 48.5 Å². The summed E-state index contributed by atoms with van der Waals surface area (Å²) in [6.45, 7) is 0. The molecule has 1 aromatic heterocycles. The van der Waals surface area contributed by atoms with E-state index in [4.69, 9.17) is 9.47 Å². The SMILES string of the molecule is COC(=O)c1ccc(-c2ccc(/C=C/c3ccc4cc(OC)ccc4n3)cc2)cc1. The molecule has 30 heavy (non-hydrogen) atoms. The molecule has 0 bridgehead atoms.